The Labute approximate surface area is 93.4 Å². The Hall–Kier alpha value is -1.43. The maximum atomic E-state index is 11.3. The number of ketones is 1. The number of hydrogen-bond donors (Lipinski definition) is 4. The second kappa shape index (κ2) is 6.22. The van der Waals surface area contributed by atoms with Crippen molar-refractivity contribution in [2.45, 2.75) is 12.2 Å². The number of aliphatic hydroxyl groups excluding tert-OH is 3. The lowest BCUT2D eigenvalue weighted by Gasteiger charge is -2.14. The quantitative estimate of drug-likeness (QED) is 0.518. The summed E-state index contributed by atoms with van der Waals surface area (Å²) < 4.78 is 0. The SMILES string of the molecule is O=C(CNc1ccccc1)C(O)C(O)CO. The molecule has 0 saturated carbocycles. The number of para-hydroxylation sites is 1. The molecule has 4 N–H and O–H groups in total. The summed E-state index contributed by atoms with van der Waals surface area (Å²) in [6, 6.07) is 9.03. The van der Waals surface area contributed by atoms with Crippen LogP contribution >= 0.6 is 0 Å². The molecule has 0 aliphatic rings. The first-order valence-electron chi connectivity index (χ1n) is 4.93. The Morgan fingerprint density at radius 3 is 2.44 bits per heavy atom. The number of anilines is 1. The normalized spacial score (nSPS) is 14.2. The molecule has 1 rings (SSSR count). The standard InChI is InChI=1S/C11H15NO4/c13-7-10(15)11(16)9(14)6-12-8-4-2-1-3-5-8/h1-5,10-13,15-16H,6-7H2. The van der Waals surface area contributed by atoms with Crippen molar-refractivity contribution in [3.63, 3.8) is 0 Å². The summed E-state index contributed by atoms with van der Waals surface area (Å²) in [6.07, 6.45) is -2.98. The minimum atomic E-state index is -1.55. The molecule has 5 nitrogen and oxygen atoms in total. The van der Waals surface area contributed by atoms with Gasteiger partial charge in [0.05, 0.1) is 13.2 Å². The first kappa shape index (κ1) is 12.6. The van der Waals surface area contributed by atoms with E-state index >= 15 is 0 Å². The van der Waals surface area contributed by atoms with E-state index in [9.17, 15) is 9.90 Å². The molecule has 16 heavy (non-hydrogen) atoms. The number of nitrogens with one attached hydrogen (secondary N) is 1. The summed E-state index contributed by atoms with van der Waals surface area (Å²) in [4.78, 5) is 11.3. The molecule has 88 valence electrons. The molecule has 5 heteroatoms. The second-order valence-corrected chi connectivity index (χ2v) is 3.38. The molecule has 0 heterocycles. The fraction of sp³-hybridized carbons (Fsp3) is 0.364. The van der Waals surface area contributed by atoms with Crippen LogP contribution in [0.15, 0.2) is 30.3 Å². The zero-order valence-corrected chi connectivity index (χ0v) is 8.71. The first-order chi connectivity index (χ1) is 7.65. The number of carbonyl (C=O) groups is 1. The van der Waals surface area contributed by atoms with Crippen LogP contribution in [0.3, 0.4) is 0 Å². The average molecular weight is 225 g/mol. The summed E-state index contributed by atoms with van der Waals surface area (Å²) >= 11 is 0. The van der Waals surface area contributed by atoms with Gasteiger partial charge in [0.2, 0.25) is 0 Å². The highest BCUT2D eigenvalue weighted by atomic mass is 16.4. The van der Waals surface area contributed by atoms with Crippen molar-refractivity contribution in [1.29, 1.82) is 0 Å². The fourth-order valence-electron chi connectivity index (χ4n) is 1.16. The monoisotopic (exact) mass is 225 g/mol. The van der Waals surface area contributed by atoms with Crippen LogP contribution in [0.4, 0.5) is 5.69 Å². The van der Waals surface area contributed by atoms with Crippen LogP contribution in [0.25, 0.3) is 0 Å². The maximum absolute atomic E-state index is 11.3. The third kappa shape index (κ3) is 3.62. The largest absolute Gasteiger partial charge is 0.394 e. The van der Waals surface area contributed by atoms with Crippen LogP contribution in [-0.4, -0.2) is 46.5 Å². The van der Waals surface area contributed by atoms with Gasteiger partial charge in [0.15, 0.2) is 5.78 Å². The van der Waals surface area contributed by atoms with Gasteiger partial charge in [0, 0.05) is 5.69 Å². The Kier molecular flexibility index (Phi) is 4.91. The molecule has 0 aliphatic heterocycles. The molecular weight excluding hydrogens is 210 g/mol. The Bertz CT molecular complexity index is 328. The molecule has 2 atom stereocenters. The molecule has 0 radical (unpaired) electrons. The van der Waals surface area contributed by atoms with Crippen molar-refractivity contribution in [2.24, 2.45) is 0 Å². The van der Waals surface area contributed by atoms with Gasteiger partial charge in [0.1, 0.15) is 12.2 Å². The van der Waals surface area contributed by atoms with Gasteiger partial charge in [-0.1, -0.05) is 18.2 Å². The Morgan fingerprint density at radius 1 is 1.25 bits per heavy atom. The van der Waals surface area contributed by atoms with Gasteiger partial charge >= 0.3 is 0 Å². The summed E-state index contributed by atoms with van der Waals surface area (Å²) in [7, 11) is 0. The number of Topliss-reactive ketones (excluding diaryl/α,β-unsaturated/α-hetero) is 1. The molecule has 2 unspecified atom stereocenters. The van der Waals surface area contributed by atoms with E-state index in [0.29, 0.717) is 0 Å². The van der Waals surface area contributed by atoms with E-state index < -0.39 is 24.6 Å². The second-order valence-electron chi connectivity index (χ2n) is 3.38. The highest BCUT2D eigenvalue weighted by Gasteiger charge is 2.22. The minimum Gasteiger partial charge on any atom is -0.394 e. The molecule has 0 aromatic heterocycles. The van der Waals surface area contributed by atoms with Crippen LogP contribution in [-0.2, 0) is 4.79 Å². The summed E-state index contributed by atoms with van der Waals surface area (Å²) in [5, 5.41) is 29.7. The van der Waals surface area contributed by atoms with Gasteiger partial charge in [-0.3, -0.25) is 4.79 Å². The number of benzene rings is 1. The van der Waals surface area contributed by atoms with Gasteiger partial charge < -0.3 is 20.6 Å². The first-order valence-corrected chi connectivity index (χ1v) is 4.93. The molecule has 1 aromatic rings. The van der Waals surface area contributed by atoms with Gasteiger partial charge in [0.25, 0.3) is 0 Å². The lowest BCUT2D eigenvalue weighted by atomic mass is 10.1. The van der Waals surface area contributed by atoms with Crippen LogP contribution < -0.4 is 5.32 Å². The molecule has 0 amide bonds. The van der Waals surface area contributed by atoms with Gasteiger partial charge in [-0.15, -0.1) is 0 Å². The summed E-state index contributed by atoms with van der Waals surface area (Å²) in [5.41, 5.74) is 0.751. The van der Waals surface area contributed by atoms with E-state index in [1.54, 1.807) is 12.1 Å². The van der Waals surface area contributed by atoms with Gasteiger partial charge in [-0.25, -0.2) is 0 Å². The van der Waals surface area contributed by atoms with E-state index in [-0.39, 0.29) is 6.54 Å². The smallest absolute Gasteiger partial charge is 0.182 e. The fourth-order valence-corrected chi connectivity index (χ4v) is 1.16. The van der Waals surface area contributed by atoms with E-state index in [1.807, 2.05) is 18.2 Å². The van der Waals surface area contributed by atoms with Crippen LogP contribution in [0.2, 0.25) is 0 Å². The third-order valence-corrected chi connectivity index (χ3v) is 2.12. The molecule has 0 spiro atoms. The lowest BCUT2D eigenvalue weighted by Crippen LogP contribution is -2.39. The topological polar surface area (TPSA) is 89.8 Å². The average Bonchev–Trinajstić information content (AvgIpc) is 2.35. The molecule has 0 aliphatic carbocycles. The molecule has 0 bridgehead atoms. The van der Waals surface area contributed by atoms with E-state index in [1.165, 1.54) is 0 Å². The van der Waals surface area contributed by atoms with Crippen molar-refractivity contribution in [3.8, 4) is 0 Å². The zero-order chi connectivity index (χ0) is 12.0. The zero-order valence-electron chi connectivity index (χ0n) is 8.71. The Morgan fingerprint density at radius 2 is 1.88 bits per heavy atom. The van der Waals surface area contributed by atoms with Crippen LogP contribution in [0.5, 0.6) is 0 Å². The van der Waals surface area contributed by atoms with Crippen molar-refractivity contribution in [3.05, 3.63) is 30.3 Å². The molecule has 1 aromatic carbocycles. The third-order valence-electron chi connectivity index (χ3n) is 2.12. The lowest BCUT2D eigenvalue weighted by molar-refractivity contribution is -0.132. The van der Waals surface area contributed by atoms with Crippen molar-refractivity contribution in [1.82, 2.24) is 0 Å². The molecule has 0 fully saturated rings. The van der Waals surface area contributed by atoms with Crippen molar-refractivity contribution < 1.29 is 20.1 Å². The molecular formula is C11H15NO4. The number of carbonyl (C=O) groups excluding carboxylic acids is 1. The van der Waals surface area contributed by atoms with Crippen LogP contribution in [0, 0.1) is 0 Å². The van der Waals surface area contributed by atoms with E-state index in [2.05, 4.69) is 5.32 Å². The molecule has 0 saturated heterocycles. The minimum absolute atomic E-state index is 0.0950. The van der Waals surface area contributed by atoms with E-state index in [0.717, 1.165) is 5.69 Å². The number of hydrogen-bond acceptors (Lipinski definition) is 5. The Balaban J connectivity index is 2.41. The van der Waals surface area contributed by atoms with Crippen molar-refractivity contribution in [2.75, 3.05) is 18.5 Å². The van der Waals surface area contributed by atoms with Crippen molar-refractivity contribution >= 4 is 11.5 Å². The number of aliphatic hydroxyl groups is 3. The van der Waals surface area contributed by atoms with Gasteiger partial charge in [-0.2, -0.15) is 0 Å². The summed E-state index contributed by atoms with van der Waals surface area (Å²) in [6.45, 7) is -0.736. The highest BCUT2D eigenvalue weighted by molar-refractivity contribution is 5.87. The summed E-state index contributed by atoms with van der Waals surface area (Å²) in [5.74, 6) is -0.564. The maximum Gasteiger partial charge on any atom is 0.182 e. The van der Waals surface area contributed by atoms with E-state index in [4.69, 9.17) is 10.2 Å². The van der Waals surface area contributed by atoms with Crippen LogP contribution in [0.1, 0.15) is 0 Å². The predicted molar refractivity (Wildman–Crippen MR) is 59.0 cm³/mol. The highest BCUT2D eigenvalue weighted by Crippen LogP contribution is 2.04. The number of rotatable bonds is 6. The van der Waals surface area contributed by atoms with Gasteiger partial charge in [-0.05, 0) is 12.1 Å². The predicted octanol–water partition coefficient (Wildman–Crippen LogP) is -0.618.